The van der Waals surface area contributed by atoms with Gasteiger partial charge in [0.25, 0.3) is 0 Å². The number of fused-ring (bicyclic) bond motifs is 1. The first kappa shape index (κ1) is 92.4. The Morgan fingerprint density at radius 2 is 0.800 bits per heavy atom. The van der Waals surface area contributed by atoms with E-state index in [2.05, 4.69) is 199 Å². The van der Waals surface area contributed by atoms with E-state index in [4.69, 9.17) is 18.9 Å². The van der Waals surface area contributed by atoms with Crippen LogP contribution >= 0.6 is 0 Å². The van der Waals surface area contributed by atoms with Crippen LogP contribution in [0.2, 0.25) is 0 Å². The number of nitrogens with zero attached hydrogens (tertiary/aromatic N) is 3. The molecule has 8 bridgehead atoms. The maximum absolute atomic E-state index is 12.6. The lowest BCUT2D eigenvalue weighted by molar-refractivity contribution is -0.327. The molecule has 18 heteroatoms. The number of benzene rings is 8. The highest BCUT2D eigenvalue weighted by atomic mass is 32.2. The number of carbonyl (C=O) groups excluding carboxylic acids is 4. The minimum absolute atomic E-state index is 0.0146. The van der Waals surface area contributed by atoms with E-state index in [1.165, 1.54) is 156 Å². The van der Waals surface area contributed by atoms with E-state index in [1.807, 2.05) is 75.4 Å². The fourth-order valence-electron chi connectivity index (χ4n) is 19.4. The standard InChI is InChI=1S/C24H47NO3.C18H18N2O2.2C18H15S.C13H20O5S.C11H16O2/c1-2-3-4-5-6-7-8-9-10-11-12-13-14-15-16-17-24(26)28-23-20-25-18-21-27-22-19-25;1-18(2,3)22-17(21)20-15-12-8-7-11-14(15)19-16(20)13-9-5-4-6-10-13;2*1-4-10-16(11-5-1)19(17-12-6-2-7-13-17)18-14-8-3-9-15-18;14-12(18-1-2-19(15,16)17)13-6-9-3-10(7-13)5-11(4-9)8-13;12-10(13)11-4-7-1-8(5-11)3-9(2-7)6-11/h2-23H2,1H3;4-12H,1-3H3;2*1-15H;9-11H,1-8H2,(H,15,16,17);7-9H,1-6H2,(H,12,13)/q;;2*+1;;/p-2. The summed E-state index contributed by atoms with van der Waals surface area (Å²) >= 11 is 0. The number of esters is 2. The van der Waals surface area contributed by atoms with Crippen LogP contribution in [0, 0.1) is 46.3 Å². The molecule has 1 saturated heterocycles. The fraction of sp³-hybridized carbons (Fsp3) is 0.480. The summed E-state index contributed by atoms with van der Waals surface area (Å²) in [5.74, 6) is 2.98. The molecule has 0 radical (unpaired) electrons. The molecule has 8 aromatic carbocycles. The van der Waals surface area contributed by atoms with E-state index in [9.17, 15) is 37.3 Å². The number of para-hydroxylation sites is 2. The Kier molecular flexibility index (Phi) is 36.4. The summed E-state index contributed by atoms with van der Waals surface area (Å²) < 4.78 is 54.4. The molecule has 8 saturated carbocycles. The number of morpholine rings is 1. The molecule has 8 aliphatic carbocycles. The number of carboxylic acids is 1. The largest absolute Gasteiger partial charge is 0.748 e. The Morgan fingerprint density at radius 3 is 1.16 bits per heavy atom. The van der Waals surface area contributed by atoms with Crippen LogP contribution < -0.4 is 5.11 Å². The number of aromatic nitrogens is 2. The van der Waals surface area contributed by atoms with Crippen molar-refractivity contribution in [2.24, 2.45) is 46.3 Å². The zero-order valence-corrected chi connectivity index (χ0v) is 73.9. The summed E-state index contributed by atoms with van der Waals surface area (Å²) in [6.45, 7) is 12.4. The Morgan fingerprint density at radius 1 is 0.458 bits per heavy atom. The van der Waals surface area contributed by atoms with Crippen LogP contribution in [0.5, 0.6) is 0 Å². The number of carbonyl (C=O) groups is 4. The third-order valence-corrected chi connectivity index (χ3v) is 29.4. The highest BCUT2D eigenvalue weighted by molar-refractivity contribution is 7.97. The second-order valence-electron chi connectivity index (χ2n) is 35.1. The lowest BCUT2D eigenvalue weighted by Gasteiger charge is -2.57. The van der Waals surface area contributed by atoms with Gasteiger partial charge in [-0.2, -0.15) is 0 Å². The van der Waals surface area contributed by atoms with Gasteiger partial charge in [-0.3, -0.25) is 14.5 Å². The molecule has 18 rings (SSSR count). The van der Waals surface area contributed by atoms with E-state index < -0.39 is 38.9 Å². The monoisotopic (exact) mass is 1680 g/mol. The second-order valence-corrected chi connectivity index (χ2v) is 40.6. The van der Waals surface area contributed by atoms with Gasteiger partial charge in [-0.15, -0.1) is 0 Å². The highest BCUT2D eigenvalue weighted by Crippen LogP contribution is 2.61. The predicted molar refractivity (Wildman–Crippen MR) is 479 cm³/mol. The molecule has 0 atom stereocenters. The van der Waals surface area contributed by atoms with Gasteiger partial charge in [0.05, 0.1) is 67.3 Å². The number of carboxylic acid groups (broad SMARTS) is 1. The van der Waals surface area contributed by atoms with Gasteiger partial charge in [-0.25, -0.2) is 22.8 Å². The molecule has 642 valence electrons. The van der Waals surface area contributed by atoms with Crippen molar-refractivity contribution in [1.82, 2.24) is 14.5 Å². The van der Waals surface area contributed by atoms with E-state index in [-0.39, 0.29) is 45.8 Å². The van der Waals surface area contributed by atoms with Gasteiger partial charge in [0.2, 0.25) is 0 Å². The van der Waals surface area contributed by atoms with Gasteiger partial charge in [0.1, 0.15) is 18.8 Å². The topological polar surface area (TPSA) is 207 Å². The van der Waals surface area contributed by atoms with Crippen molar-refractivity contribution in [3.63, 3.8) is 0 Å². The van der Waals surface area contributed by atoms with Gasteiger partial charge in [0.15, 0.2) is 35.2 Å². The number of unbranched alkanes of at least 4 members (excludes halogenated alkanes) is 14. The van der Waals surface area contributed by atoms with Crippen LogP contribution in [-0.2, 0) is 65.2 Å². The Hall–Kier alpha value is -8.36. The summed E-state index contributed by atoms with van der Waals surface area (Å²) in [4.78, 5) is 62.8. The normalized spacial score (nSPS) is 21.1. The smallest absolute Gasteiger partial charge is 0.420 e. The lowest BCUT2D eigenvalue weighted by Crippen LogP contribution is -2.54. The molecular weight excluding hydrogens is 1560 g/mol. The van der Waals surface area contributed by atoms with Gasteiger partial charge in [-0.1, -0.05) is 248 Å². The molecule has 0 unspecified atom stereocenters. The zero-order valence-electron chi connectivity index (χ0n) is 71.4. The zero-order chi connectivity index (χ0) is 84.4. The van der Waals surface area contributed by atoms with Gasteiger partial charge in [0, 0.05) is 43.0 Å². The molecule has 15 nitrogen and oxygen atoms in total. The molecule has 9 fully saturated rings. The maximum Gasteiger partial charge on any atom is 0.420 e. The minimum Gasteiger partial charge on any atom is -0.748 e. The quantitative estimate of drug-likeness (QED) is 0.0130. The summed E-state index contributed by atoms with van der Waals surface area (Å²) in [5.41, 5.74) is 1.07. The van der Waals surface area contributed by atoms with Crippen molar-refractivity contribution in [3.8, 4) is 11.4 Å². The summed E-state index contributed by atoms with van der Waals surface area (Å²) in [7, 11) is -4.33. The van der Waals surface area contributed by atoms with Crippen LogP contribution in [0.15, 0.2) is 266 Å². The molecule has 0 amide bonds. The Bertz CT molecular complexity index is 4250. The molecule has 0 spiro atoms. The van der Waals surface area contributed by atoms with Crippen molar-refractivity contribution in [3.05, 3.63) is 237 Å². The highest BCUT2D eigenvalue weighted by Gasteiger charge is 2.56. The predicted octanol–water partition coefficient (Wildman–Crippen LogP) is 22.4. The molecule has 9 aromatic rings. The number of hydrogen-bond acceptors (Lipinski definition) is 14. The SMILES string of the molecule is CC(C)(C)OC(=O)n1c(-c2ccccc2)nc2ccccc21.CCCCCCCCCCCCCCCCCC(=O)OCCN1CCOCC1.O=C(OCCS(=O)(=O)[O-])C12CC3CC(CC(C3)C1)C2.O=C([O-])C12CC3CC(CC(C3)C1)C2.c1ccc([S+](c2ccccc2)c2ccccc2)cc1.c1ccc([S+](c2ccccc2)c2ccccc2)cc1. The van der Waals surface area contributed by atoms with E-state index >= 15 is 0 Å². The van der Waals surface area contributed by atoms with E-state index in [1.54, 1.807) is 0 Å². The first-order chi connectivity index (χ1) is 58.2. The molecule has 1 aliphatic heterocycles. The van der Waals surface area contributed by atoms with Crippen molar-refractivity contribution in [1.29, 1.82) is 0 Å². The van der Waals surface area contributed by atoms with Crippen LogP contribution in [0.4, 0.5) is 4.79 Å². The summed E-state index contributed by atoms with van der Waals surface area (Å²) in [6, 6.07) is 81.5. The molecule has 9 aliphatic rings. The molecule has 1 aromatic heterocycles. The second kappa shape index (κ2) is 47.3. The van der Waals surface area contributed by atoms with Crippen LogP contribution in [0.3, 0.4) is 0 Å². The number of imidazole rings is 1. The van der Waals surface area contributed by atoms with Crippen molar-refractivity contribution in [2.75, 3.05) is 51.8 Å². The number of aliphatic carboxylic acids is 1. The molecule has 0 N–H and O–H groups in total. The first-order valence-electron chi connectivity index (χ1n) is 44.6. The van der Waals surface area contributed by atoms with Crippen molar-refractivity contribution in [2.45, 2.75) is 242 Å². The number of rotatable bonds is 31. The molecule has 2 heterocycles. The van der Waals surface area contributed by atoms with Crippen LogP contribution in [0.1, 0.15) is 207 Å². The number of hydrogen-bond donors (Lipinski definition) is 0. The van der Waals surface area contributed by atoms with E-state index in [0.717, 1.165) is 101 Å². The molecule has 120 heavy (non-hydrogen) atoms. The third kappa shape index (κ3) is 28.9. The molecular formula is C102H129N3O12S3. The van der Waals surface area contributed by atoms with Crippen molar-refractivity contribution >= 4 is 66.9 Å². The third-order valence-electron chi connectivity index (χ3n) is 24.3. The van der Waals surface area contributed by atoms with Crippen molar-refractivity contribution < 1.29 is 56.2 Å². The average Bonchev–Trinajstić information content (AvgIpc) is 1.02. The average molecular weight is 1690 g/mol. The minimum atomic E-state index is -4.30. The van der Waals surface area contributed by atoms with Crippen LogP contribution in [-0.4, -0.2) is 109 Å². The van der Waals surface area contributed by atoms with Gasteiger partial charge >= 0.3 is 18.0 Å². The van der Waals surface area contributed by atoms with E-state index in [0.29, 0.717) is 54.4 Å². The van der Waals surface area contributed by atoms with Gasteiger partial charge in [-0.05, 0) is 225 Å². The first-order valence-corrected chi connectivity index (χ1v) is 48.6. The Labute approximate surface area is 721 Å². The fourth-order valence-corrected chi connectivity index (χ4v) is 23.9. The van der Waals surface area contributed by atoms with Gasteiger partial charge < -0.3 is 33.4 Å². The van der Waals surface area contributed by atoms with Crippen LogP contribution in [0.25, 0.3) is 22.4 Å². The number of ether oxygens (including phenoxy) is 4. The lowest BCUT2D eigenvalue weighted by atomic mass is 9.49. The summed E-state index contributed by atoms with van der Waals surface area (Å²) in [6.07, 6.45) is 33.4. The maximum atomic E-state index is 12.6. The Balaban J connectivity index is 0.000000142. The summed E-state index contributed by atoms with van der Waals surface area (Å²) in [5, 5.41) is 11.1.